The number of carbonyl (C=O) groups excluding carboxylic acids is 1. The Kier molecular flexibility index (Phi) is 4.71. The van der Waals surface area contributed by atoms with Crippen molar-refractivity contribution in [1.29, 1.82) is 5.26 Å². The molecule has 0 radical (unpaired) electrons. The van der Waals surface area contributed by atoms with Gasteiger partial charge >= 0.3 is 6.03 Å². The number of H-pyrrole nitrogens is 1. The molecule has 9 heteroatoms. The molecular weight excluding hydrogens is 440 g/mol. The lowest BCUT2D eigenvalue weighted by Crippen LogP contribution is -2.47. The van der Waals surface area contributed by atoms with E-state index in [4.69, 9.17) is 0 Å². The summed E-state index contributed by atoms with van der Waals surface area (Å²) in [5.41, 5.74) is 3.15. The first-order valence-electron chi connectivity index (χ1n) is 11.6. The van der Waals surface area contributed by atoms with Gasteiger partial charge in [0.2, 0.25) is 5.82 Å². The van der Waals surface area contributed by atoms with E-state index in [0.29, 0.717) is 29.6 Å². The predicted octanol–water partition coefficient (Wildman–Crippen LogP) is 4.28. The minimum absolute atomic E-state index is 0.0807. The second-order valence-electron chi connectivity index (χ2n) is 9.53. The molecule has 6 rings (SSSR count). The van der Waals surface area contributed by atoms with Crippen LogP contribution in [-0.2, 0) is 12.1 Å². The fraction of sp³-hybridized carbons (Fsp3) is 0.269. The zero-order valence-electron chi connectivity index (χ0n) is 19.4. The number of nitriles is 1. The largest absolute Gasteiger partial charge is 0.335 e. The van der Waals surface area contributed by atoms with Crippen LogP contribution in [0, 0.1) is 11.3 Å². The van der Waals surface area contributed by atoms with Crippen molar-refractivity contribution in [3.8, 4) is 6.07 Å². The van der Waals surface area contributed by atoms with Gasteiger partial charge < -0.3 is 15.5 Å². The van der Waals surface area contributed by atoms with Crippen molar-refractivity contribution >= 4 is 28.6 Å². The van der Waals surface area contributed by atoms with Crippen LogP contribution in [0.25, 0.3) is 10.9 Å². The number of amides is 2. The summed E-state index contributed by atoms with van der Waals surface area (Å²) in [5.74, 6) is 1.54. The maximum absolute atomic E-state index is 13.3. The average Bonchev–Trinajstić information content (AvgIpc) is 3.42. The van der Waals surface area contributed by atoms with Crippen LogP contribution < -0.4 is 10.6 Å². The Morgan fingerprint density at radius 3 is 2.69 bits per heavy atom. The number of nitrogens with one attached hydrogen (secondary N) is 3. The van der Waals surface area contributed by atoms with E-state index in [2.05, 4.69) is 42.9 Å². The third-order valence-corrected chi connectivity index (χ3v) is 6.98. The molecule has 0 saturated heterocycles. The zero-order valence-corrected chi connectivity index (χ0v) is 19.4. The van der Waals surface area contributed by atoms with Gasteiger partial charge in [0, 0.05) is 22.9 Å². The van der Waals surface area contributed by atoms with Gasteiger partial charge in [0.15, 0.2) is 5.82 Å². The molecule has 2 atom stereocenters. The molecule has 0 spiro atoms. The second kappa shape index (κ2) is 7.81. The van der Waals surface area contributed by atoms with Gasteiger partial charge in [-0.3, -0.25) is 5.10 Å². The van der Waals surface area contributed by atoms with E-state index in [9.17, 15) is 10.1 Å². The summed E-state index contributed by atoms with van der Waals surface area (Å²) in [4.78, 5) is 23.8. The summed E-state index contributed by atoms with van der Waals surface area (Å²) in [6.45, 7) is 4.43. The predicted molar refractivity (Wildman–Crippen MR) is 131 cm³/mol. The molecule has 1 aliphatic heterocycles. The van der Waals surface area contributed by atoms with Gasteiger partial charge in [-0.1, -0.05) is 42.5 Å². The molecule has 1 fully saturated rings. The summed E-state index contributed by atoms with van der Waals surface area (Å²) < 4.78 is 0. The highest BCUT2D eigenvalue weighted by molar-refractivity contribution is 5.91. The topological polar surface area (TPSA) is 123 Å². The van der Waals surface area contributed by atoms with Crippen molar-refractivity contribution in [1.82, 2.24) is 30.4 Å². The van der Waals surface area contributed by atoms with Gasteiger partial charge in [-0.05, 0) is 38.0 Å². The molecule has 2 aliphatic rings. The number of hydrogen-bond acceptors (Lipinski definition) is 6. The van der Waals surface area contributed by atoms with Crippen LogP contribution >= 0.6 is 0 Å². The molecule has 174 valence electrons. The highest BCUT2D eigenvalue weighted by Crippen LogP contribution is 2.44. The van der Waals surface area contributed by atoms with Gasteiger partial charge in [0.05, 0.1) is 23.3 Å². The van der Waals surface area contributed by atoms with E-state index in [1.165, 1.54) is 5.56 Å². The Balaban J connectivity index is 1.23. The number of carbonyl (C=O) groups is 1. The van der Waals surface area contributed by atoms with Crippen molar-refractivity contribution in [3.63, 3.8) is 0 Å². The maximum atomic E-state index is 13.3. The van der Waals surface area contributed by atoms with Gasteiger partial charge in [0.25, 0.3) is 0 Å². The summed E-state index contributed by atoms with van der Waals surface area (Å²) >= 11 is 0. The van der Waals surface area contributed by atoms with E-state index in [0.717, 1.165) is 23.1 Å². The SMILES string of the molecule is CC1(C)c2[nH]nc(Nc3nc(C#N)nc4ccccc34)c2CN1C(=O)N[C@H]1C[C@@H]1c1ccccc1. The minimum atomic E-state index is -0.560. The van der Waals surface area contributed by atoms with Crippen molar-refractivity contribution < 1.29 is 4.79 Å². The van der Waals surface area contributed by atoms with E-state index in [-0.39, 0.29) is 17.9 Å². The highest BCUT2D eigenvalue weighted by Gasteiger charge is 2.46. The first-order valence-corrected chi connectivity index (χ1v) is 11.6. The Labute approximate surface area is 202 Å². The molecule has 0 bridgehead atoms. The van der Waals surface area contributed by atoms with E-state index in [1.54, 1.807) is 0 Å². The molecule has 2 aromatic heterocycles. The van der Waals surface area contributed by atoms with E-state index in [1.807, 2.05) is 67.3 Å². The molecule has 3 heterocycles. The standard InChI is InChI=1S/C26H24N8O/c1-26(2)22-18(14-34(26)25(35)29-20-12-17(20)15-8-4-3-5-9-15)24(33-32-22)31-23-16-10-6-7-11-19(16)28-21(13-27)30-23/h3-11,17,20H,12,14H2,1-2H3,(H,29,35)(H2,28,30,31,32,33)/t17-,20+/m1/s1. The number of rotatable bonds is 4. The van der Waals surface area contributed by atoms with Crippen LogP contribution in [0.5, 0.6) is 0 Å². The zero-order chi connectivity index (χ0) is 24.2. The fourth-order valence-corrected chi connectivity index (χ4v) is 4.94. The Morgan fingerprint density at radius 1 is 1.11 bits per heavy atom. The normalized spacial score (nSPS) is 19.7. The molecule has 3 N–H and O–H groups in total. The summed E-state index contributed by atoms with van der Waals surface area (Å²) in [6, 6.07) is 19.9. The smallest absolute Gasteiger partial charge is 0.318 e. The number of anilines is 2. The number of fused-ring (bicyclic) bond motifs is 2. The van der Waals surface area contributed by atoms with Crippen molar-refractivity contribution in [2.24, 2.45) is 0 Å². The van der Waals surface area contributed by atoms with Crippen LogP contribution in [0.1, 0.15) is 48.8 Å². The highest BCUT2D eigenvalue weighted by atomic mass is 16.2. The fourth-order valence-electron chi connectivity index (χ4n) is 4.94. The molecule has 9 nitrogen and oxygen atoms in total. The van der Waals surface area contributed by atoms with Crippen LogP contribution in [0.2, 0.25) is 0 Å². The lowest BCUT2D eigenvalue weighted by Gasteiger charge is -2.32. The Hall–Kier alpha value is -4.45. The third kappa shape index (κ3) is 3.54. The lowest BCUT2D eigenvalue weighted by molar-refractivity contribution is 0.142. The molecule has 2 aromatic carbocycles. The lowest BCUT2D eigenvalue weighted by atomic mass is 10.0. The van der Waals surface area contributed by atoms with Crippen LogP contribution in [0.3, 0.4) is 0 Å². The quantitative estimate of drug-likeness (QED) is 0.414. The first-order chi connectivity index (χ1) is 17.0. The molecule has 35 heavy (non-hydrogen) atoms. The number of para-hydroxylation sites is 1. The van der Waals surface area contributed by atoms with Gasteiger partial charge in [-0.15, -0.1) is 0 Å². The average molecular weight is 465 g/mol. The molecule has 2 amide bonds. The molecular formula is C26H24N8O. The van der Waals surface area contributed by atoms with Crippen molar-refractivity contribution in [3.05, 3.63) is 77.2 Å². The summed E-state index contributed by atoms with van der Waals surface area (Å²) in [6.07, 6.45) is 0.950. The third-order valence-electron chi connectivity index (χ3n) is 6.98. The number of urea groups is 1. The van der Waals surface area contributed by atoms with Crippen LogP contribution in [-0.4, -0.2) is 37.1 Å². The molecule has 0 unspecified atom stereocenters. The van der Waals surface area contributed by atoms with Crippen molar-refractivity contribution in [2.75, 3.05) is 5.32 Å². The number of aromatic amines is 1. The van der Waals surface area contributed by atoms with Gasteiger partial charge in [-0.25, -0.2) is 14.8 Å². The summed E-state index contributed by atoms with van der Waals surface area (Å²) in [7, 11) is 0. The monoisotopic (exact) mass is 464 g/mol. The van der Waals surface area contributed by atoms with Crippen molar-refractivity contribution in [2.45, 2.75) is 44.3 Å². The minimum Gasteiger partial charge on any atom is -0.335 e. The van der Waals surface area contributed by atoms with Crippen LogP contribution in [0.15, 0.2) is 54.6 Å². The van der Waals surface area contributed by atoms with E-state index < -0.39 is 5.54 Å². The number of aromatic nitrogens is 4. The first kappa shape index (κ1) is 21.1. The maximum Gasteiger partial charge on any atom is 0.318 e. The molecule has 1 saturated carbocycles. The Morgan fingerprint density at radius 2 is 1.89 bits per heavy atom. The molecule has 1 aliphatic carbocycles. The molecule has 4 aromatic rings. The van der Waals surface area contributed by atoms with Gasteiger partial charge in [-0.2, -0.15) is 10.4 Å². The number of hydrogen-bond donors (Lipinski definition) is 3. The van der Waals surface area contributed by atoms with Gasteiger partial charge in [0.1, 0.15) is 11.9 Å². The number of nitrogens with zero attached hydrogens (tertiary/aromatic N) is 5. The number of benzene rings is 2. The van der Waals surface area contributed by atoms with E-state index >= 15 is 0 Å². The Bertz CT molecular complexity index is 1490. The second-order valence-corrected chi connectivity index (χ2v) is 9.53. The summed E-state index contributed by atoms with van der Waals surface area (Å²) in [5, 5.41) is 24.2. The van der Waals surface area contributed by atoms with Crippen LogP contribution in [0.4, 0.5) is 16.4 Å².